The fraction of sp³-hybridized carbons (Fsp3) is 0.462. The molecule has 0 saturated carbocycles. The Kier molecular flexibility index (Phi) is 4.35. The Morgan fingerprint density at radius 2 is 2.12 bits per heavy atom. The molecule has 0 aliphatic carbocycles. The zero-order valence-corrected chi connectivity index (χ0v) is 9.99. The molecule has 1 aromatic rings. The second-order valence-corrected chi connectivity index (χ2v) is 4.03. The van der Waals surface area contributed by atoms with E-state index in [-0.39, 0.29) is 24.1 Å². The molecule has 0 fully saturated rings. The Balaban J connectivity index is 2.77. The Labute approximate surface area is 96.1 Å². The Hall–Kier alpha value is -1.51. The van der Waals surface area contributed by atoms with Crippen molar-refractivity contribution < 1.29 is 14.6 Å². The number of carbonyl (C=O) groups excluding carboxylic acids is 1. The summed E-state index contributed by atoms with van der Waals surface area (Å²) in [5, 5.41) is 9.75. The number of hydrogen-bond acceptors (Lipinski definition) is 3. The van der Waals surface area contributed by atoms with Crippen molar-refractivity contribution in [1.82, 2.24) is 0 Å². The average molecular weight is 222 g/mol. The second kappa shape index (κ2) is 5.54. The van der Waals surface area contributed by atoms with Crippen molar-refractivity contribution in [2.75, 3.05) is 6.61 Å². The minimum absolute atomic E-state index is 0.208. The van der Waals surface area contributed by atoms with Gasteiger partial charge in [-0.1, -0.05) is 26.0 Å². The van der Waals surface area contributed by atoms with Crippen LogP contribution in [0.1, 0.15) is 37.8 Å². The lowest BCUT2D eigenvalue weighted by molar-refractivity contribution is -0.142. The first-order valence-electron chi connectivity index (χ1n) is 5.52. The van der Waals surface area contributed by atoms with Gasteiger partial charge in [-0.05, 0) is 30.0 Å². The number of carbonyl (C=O) groups is 1. The molecule has 0 heterocycles. The van der Waals surface area contributed by atoms with Crippen molar-refractivity contribution in [2.24, 2.45) is 0 Å². The van der Waals surface area contributed by atoms with Crippen LogP contribution in [0.4, 0.5) is 0 Å². The van der Waals surface area contributed by atoms with Crippen molar-refractivity contribution in [1.29, 1.82) is 0 Å². The van der Waals surface area contributed by atoms with Crippen LogP contribution in [0.2, 0.25) is 0 Å². The zero-order chi connectivity index (χ0) is 12.1. The quantitative estimate of drug-likeness (QED) is 0.796. The van der Waals surface area contributed by atoms with Gasteiger partial charge in [0.2, 0.25) is 0 Å². The Bertz CT molecular complexity index is 369. The van der Waals surface area contributed by atoms with E-state index in [1.165, 1.54) is 0 Å². The van der Waals surface area contributed by atoms with Gasteiger partial charge in [-0.25, -0.2) is 0 Å². The van der Waals surface area contributed by atoms with Crippen LogP contribution in [0.3, 0.4) is 0 Å². The predicted molar refractivity (Wildman–Crippen MR) is 62.5 cm³/mol. The molecule has 0 saturated heterocycles. The summed E-state index contributed by atoms with van der Waals surface area (Å²) in [5.74, 6) is 0.257. The van der Waals surface area contributed by atoms with Crippen molar-refractivity contribution in [3.63, 3.8) is 0 Å². The van der Waals surface area contributed by atoms with Crippen LogP contribution in [0.5, 0.6) is 5.75 Å². The van der Waals surface area contributed by atoms with E-state index in [9.17, 15) is 9.90 Å². The molecule has 1 N–H and O–H groups in total. The fourth-order valence-corrected chi connectivity index (χ4v) is 1.57. The van der Waals surface area contributed by atoms with Gasteiger partial charge < -0.3 is 9.84 Å². The molecular formula is C13H18O3. The normalized spacial score (nSPS) is 10.5. The Morgan fingerprint density at radius 3 is 2.62 bits per heavy atom. The van der Waals surface area contributed by atoms with Gasteiger partial charge >= 0.3 is 5.97 Å². The van der Waals surface area contributed by atoms with E-state index >= 15 is 0 Å². The van der Waals surface area contributed by atoms with Crippen LogP contribution in [0.25, 0.3) is 0 Å². The van der Waals surface area contributed by atoms with Gasteiger partial charge in [0, 0.05) is 0 Å². The average Bonchev–Trinajstić information content (AvgIpc) is 2.17. The summed E-state index contributed by atoms with van der Waals surface area (Å²) >= 11 is 0. The van der Waals surface area contributed by atoms with E-state index in [1.807, 2.05) is 26.0 Å². The molecule has 0 unspecified atom stereocenters. The third-order valence-electron chi connectivity index (χ3n) is 2.37. The van der Waals surface area contributed by atoms with Crippen molar-refractivity contribution in [2.45, 2.75) is 33.1 Å². The summed E-state index contributed by atoms with van der Waals surface area (Å²) in [6.45, 7) is 6.19. The Morgan fingerprint density at radius 1 is 1.44 bits per heavy atom. The highest BCUT2D eigenvalue weighted by Crippen LogP contribution is 2.26. The van der Waals surface area contributed by atoms with Gasteiger partial charge in [0.15, 0.2) is 0 Å². The first-order chi connectivity index (χ1) is 7.54. The minimum atomic E-state index is -0.265. The number of phenolic OH excluding ortho intramolecular Hbond substituents is 1. The molecule has 3 nitrogen and oxygen atoms in total. The summed E-state index contributed by atoms with van der Waals surface area (Å²) < 4.78 is 4.84. The monoisotopic (exact) mass is 222 g/mol. The molecule has 0 aromatic heterocycles. The third kappa shape index (κ3) is 3.26. The largest absolute Gasteiger partial charge is 0.508 e. The lowest BCUT2D eigenvalue weighted by Crippen LogP contribution is -2.07. The van der Waals surface area contributed by atoms with Gasteiger partial charge in [-0.2, -0.15) is 0 Å². The van der Waals surface area contributed by atoms with Crippen molar-refractivity contribution in [3.05, 3.63) is 29.3 Å². The molecule has 16 heavy (non-hydrogen) atoms. The predicted octanol–water partition coefficient (Wildman–Crippen LogP) is 2.62. The fourth-order valence-electron chi connectivity index (χ4n) is 1.57. The smallest absolute Gasteiger partial charge is 0.310 e. The maximum Gasteiger partial charge on any atom is 0.310 e. The molecule has 0 aliphatic rings. The number of benzene rings is 1. The highest BCUT2D eigenvalue weighted by Gasteiger charge is 2.09. The molecule has 3 heteroatoms. The van der Waals surface area contributed by atoms with E-state index < -0.39 is 0 Å². The van der Waals surface area contributed by atoms with Gasteiger partial charge in [-0.15, -0.1) is 0 Å². The lowest BCUT2D eigenvalue weighted by Gasteiger charge is -2.09. The molecular weight excluding hydrogens is 204 g/mol. The van der Waals surface area contributed by atoms with Crippen LogP contribution in [0.15, 0.2) is 18.2 Å². The number of rotatable bonds is 4. The first kappa shape index (κ1) is 12.6. The maximum atomic E-state index is 11.2. The van der Waals surface area contributed by atoms with E-state index in [1.54, 1.807) is 13.0 Å². The van der Waals surface area contributed by atoms with Crippen molar-refractivity contribution in [3.8, 4) is 5.75 Å². The van der Waals surface area contributed by atoms with Crippen LogP contribution in [-0.2, 0) is 16.0 Å². The van der Waals surface area contributed by atoms with Crippen molar-refractivity contribution >= 4 is 5.97 Å². The lowest BCUT2D eigenvalue weighted by atomic mass is 9.99. The third-order valence-corrected chi connectivity index (χ3v) is 2.37. The maximum absolute atomic E-state index is 11.2. The van der Waals surface area contributed by atoms with E-state index in [4.69, 9.17) is 4.74 Å². The summed E-state index contributed by atoms with van der Waals surface area (Å²) in [4.78, 5) is 11.2. The van der Waals surface area contributed by atoms with Crippen LogP contribution in [-0.4, -0.2) is 17.7 Å². The molecule has 0 spiro atoms. The summed E-state index contributed by atoms with van der Waals surface area (Å²) in [7, 11) is 0. The number of esters is 1. The van der Waals surface area contributed by atoms with E-state index in [0.717, 1.165) is 11.1 Å². The standard InChI is InChI=1S/C13H18O3/c1-4-16-13(15)8-10-5-6-11(9(2)3)12(14)7-10/h5-7,9,14H,4,8H2,1-3H3. The van der Waals surface area contributed by atoms with Crippen LogP contribution in [0, 0.1) is 0 Å². The van der Waals surface area contributed by atoms with E-state index in [0.29, 0.717) is 6.61 Å². The number of ether oxygens (including phenoxy) is 1. The molecule has 0 bridgehead atoms. The minimum Gasteiger partial charge on any atom is -0.508 e. The highest BCUT2D eigenvalue weighted by atomic mass is 16.5. The van der Waals surface area contributed by atoms with Crippen LogP contribution < -0.4 is 0 Å². The highest BCUT2D eigenvalue weighted by molar-refractivity contribution is 5.72. The first-order valence-corrected chi connectivity index (χ1v) is 5.52. The molecule has 0 atom stereocenters. The number of hydrogen-bond donors (Lipinski definition) is 1. The topological polar surface area (TPSA) is 46.5 Å². The van der Waals surface area contributed by atoms with Gasteiger partial charge in [0.05, 0.1) is 13.0 Å². The number of phenols is 1. The van der Waals surface area contributed by atoms with E-state index in [2.05, 4.69) is 0 Å². The van der Waals surface area contributed by atoms with Crippen LogP contribution >= 0.6 is 0 Å². The molecule has 0 radical (unpaired) electrons. The summed E-state index contributed by atoms with van der Waals surface area (Å²) in [6.07, 6.45) is 0.208. The summed E-state index contributed by atoms with van der Waals surface area (Å²) in [5.41, 5.74) is 1.67. The van der Waals surface area contributed by atoms with Gasteiger partial charge in [-0.3, -0.25) is 4.79 Å². The molecule has 0 aliphatic heterocycles. The second-order valence-electron chi connectivity index (χ2n) is 4.03. The van der Waals surface area contributed by atoms with Gasteiger partial charge in [0.1, 0.15) is 5.75 Å². The summed E-state index contributed by atoms with van der Waals surface area (Å²) in [6, 6.07) is 5.34. The molecule has 1 rings (SSSR count). The SMILES string of the molecule is CCOC(=O)Cc1ccc(C(C)C)c(O)c1. The number of aromatic hydroxyl groups is 1. The molecule has 1 aromatic carbocycles. The zero-order valence-electron chi connectivity index (χ0n) is 9.99. The molecule has 0 amide bonds. The molecule has 88 valence electrons. The van der Waals surface area contributed by atoms with Gasteiger partial charge in [0.25, 0.3) is 0 Å².